The number of para-hydroxylation sites is 1. The highest BCUT2D eigenvalue weighted by Gasteiger charge is 2.33. The molecule has 0 unspecified atom stereocenters. The van der Waals surface area contributed by atoms with E-state index in [2.05, 4.69) is 4.90 Å². The quantitative estimate of drug-likeness (QED) is 0.676. The second kappa shape index (κ2) is 9.39. The number of hydrogen-bond acceptors (Lipinski definition) is 5. The maximum atomic E-state index is 13.2. The number of anilines is 1. The average Bonchev–Trinajstić information content (AvgIpc) is 2.78. The monoisotopic (exact) mass is 477 g/mol. The van der Waals surface area contributed by atoms with Gasteiger partial charge in [-0.05, 0) is 44.2 Å². The molecule has 2 heterocycles. The molecule has 9 heteroatoms. The van der Waals surface area contributed by atoms with Gasteiger partial charge in [0.05, 0.1) is 27.8 Å². The molecule has 4 rings (SSSR count). The molecule has 0 radical (unpaired) electrons. The first kappa shape index (κ1) is 23.0. The second-order valence-electron chi connectivity index (χ2n) is 8.34. The van der Waals surface area contributed by atoms with Crippen molar-refractivity contribution in [1.29, 1.82) is 0 Å². The van der Waals surface area contributed by atoms with Gasteiger partial charge in [0.25, 0.3) is 5.91 Å². The average molecular weight is 478 g/mol. The zero-order chi connectivity index (χ0) is 22.9. The Bertz CT molecular complexity index is 1080. The van der Waals surface area contributed by atoms with Crippen LogP contribution in [0.2, 0.25) is 5.02 Å². The van der Waals surface area contributed by atoms with Crippen molar-refractivity contribution in [1.82, 2.24) is 9.21 Å². The summed E-state index contributed by atoms with van der Waals surface area (Å²) in [4.78, 5) is 17.2. The summed E-state index contributed by atoms with van der Waals surface area (Å²) >= 11 is 6.30. The van der Waals surface area contributed by atoms with Crippen molar-refractivity contribution < 1.29 is 17.9 Å². The van der Waals surface area contributed by atoms with E-state index in [1.54, 1.807) is 23.1 Å². The van der Waals surface area contributed by atoms with Crippen LogP contribution in [0.5, 0.6) is 0 Å². The van der Waals surface area contributed by atoms with Crippen molar-refractivity contribution in [3.8, 4) is 0 Å². The summed E-state index contributed by atoms with van der Waals surface area (Å²) in [5.41, 5.74) is 1.34. The Morgan fingerprint density at radius 2 is 1.62 bits per heavy atom. The fourth-order valence-corrected chi connectivity index (χ4v) is 6.20. The topological polar surface area (TPSA) is 70.2 Å². The Hall–Kier alpha value is -2.13. The molecular weight excluding hydrogens is 450 g/mol. The zero-order valence-electron chi connectivity index (χ0n) is 18.3. The van der Waals surface area contributed by atoms with Crippen LogP contribution in [-0.4, -0.2) is 75.0 Å². The lowest BCUT2D eigenvalue weighted by atomic mass is 10.1. The standard InChI is InChI=1S/C23H28ClN3O4S/c1-17-15-27(16-18(2)31-17)32(29,30)20-7-5-6-19(14-20)23(28)26-12-10-25(11-13-26)22-9-4-3-8-21(22)24/h3-9,14,17-18H,10-13,15-16H2,1-2H3/t17-,18+. The number of nitrogens with zero attached hydrogens (tertiary/aromatic N) is 3. The van der Waals surface area contributed by atoms with Crippen molar-refractivity contribution in [2.75, 3.05) is 44.2 Å². The lowest BCUT2D eigenvalue weighted by Gasteiger charge is -2.36. The molecule has 7 nitrogen and oxygen atoms in total. The van der Waals surface area contributed by atoms with Gasteiger partial charge < -0.3 is 14.5 Å². The number of rotatable bonds is 4. The fraction of sp³-hybridized carbons (Fsp3) is 0.435. The molecule has 2 aliphatic rings. The summed E-state index contributed by atoms with van der Waals surface area (Å²) in [5.74, 6) is -0.162. The molecule has 172 valence electrons. The van der Waals surface area contributed by atoms with Crippen molar-refractivity contribution >= 4 is 33.2 Å². The van der Waals surface area contributed by atoms with Gasteiger partial charge in [-0.2, -0.15) is 4.31 Å². The number of amides is 1. The predicted octanol–water partition coefficient (Wildman–Crippen LogP) is 3.10. The summed E-state index contributed by atoms with van der Waals surface area (Å²) in [7, 11) is -3.70. The number of sulfonamides is 1. The van der Waals surface area contributed by atoms with Crippen LogP contribution in [-0.2, 0) is 14.8 Å². The molecule has 32 heavy (non-hydrogen) atoms. The van der Waals surface area contributed by atoms with E-state index < -0.39 is 10.0 Å². The molecule has 0 aliphatic carbocycles. The van der Waals surface area contributed by atoms with E-state index in [0.29, 0.717) is 49.9 Å². The van der Waals surface area contributed by atoms with Crippen LogP contribution in [0.3, 0.4) is 0 Å². The lowest BCUT2D eigenvalue weighted by molar-refractivity contribution is -0.0440. The van der Waals surface area contributed by atoms with Crippen LogP contribution in [0.4, 0.5) is 5.69 Å². The molecular formula is C23H28ClN3O4S. The predicted molar refractivity (Wildman–Crippen MR) is 125 cm³/mol. The summed E-state index contributed by atoms with van der Waals surface area (Å²) in [5, 5.41) is 0.692. The third-order valence-corrected chi connectivity index (χ3v) is 8.01. The van der Waals surface area contributed by atoms with Gasteiger partial charge in [-0.15, -0.1) is 0 Å². The van der Waals surface area contributed by atoms with Gasteiger partial charge in [-0.25, -0.2) is 8.42 Å². The Labute approximate surface area is 194 Å². The highest BCUT2D eigenvalue weighted by atomic mass is 35.5. The van der Waals surface area contributed by atoms with Crippen LogP contribution in [0, 0.1) is 0 Å². The molecule has 2 saturated heterocycles. The first-order valence-corrected chi connectivity index (χ1v) is 12.6. The number of ether oxygens (including phenoxy) is 1. The Kier molecular flexibility index (Phi) is 6.76. The summed E-state index contributed by atoms with van der Waals surface area (Å²) in [6.45, 7) is 6.73. The van der Waals surface area contributed by atoms with Crippen LogP contribution in [0.15, 0.2) is 53.4 Å². The number of carbonyl (C=O) groups excluding carboxylic acids is 1. The first-order valence-electron chi connectivity index (χ1n) is 10.8. The molecule has 0 spiro atoms. The van der Waals surface area contributed by atoms with E-state index in [1.165, 1.54) is 10.4 Å². The Balaban J connectivity index is 1.47. The minimum atomic E-state index is -3.70. The van der Waals surface area contributed by atoms with E-state index in [9.17, 15) is 13.2 Å². The maximum absolute atomic E-state index is 13.2. The van der Waals surface area contributed by atoms with Gasteiger partial charge in [0, 0.05) is 44.8 Å². The summed E-state index contributed by atoms with van der Waals surface area (Å²) < 4.78 is 33.5. The molecule has 2 aromatic carbocycles. The van der Waals surface area contributed by atoms with Crippen molar-refractivity contribution in [2.24, 2.45) is 0 Å². The molecule has 0 aromatic heterocycles. The van der Waals surface area contributed by atoms with Gasteiger partial charge in [0.15, 0.2) is 0 Å². The minimum Gasteiger partial charge on any atom is -0.373 e. The molecule has 0 N–H and O–H groups in total. The van der Waals surface area contributed by atoms with E-state index in [4.69, 9.17) is 16.3 Å². The minimum absolute atomic E-state index is 0.138. The SMILES string of the molecule is C[C@@H]1CN(S(=O)(=O)c2cccc(C(=O)N3CCN(c4ccccc4Cl)CC3)c2)C[C@H](C)O1. The van der Waals surface area contributed by atoms with Crippen LogP contribution in [0.1, 0.15) is 24.2 Å². The Morgan fingerprint density at radius 3 is 2.28 bits per heavy atom. The van der Waals surface area contributed by atoms with Crippen molar-refractivity contribution in [3.63, 3.8) is 0 Å². The number of carbonyl (C=O) groups is 1. The van der Waals surface area contributed by atoms with E-state index in [1.807, 2.05) is 38.1 Å². The number of halogens is 1. The van der Waals surface area contributed by atoms with Gasteiger partial charge >= 0.3 is 0 Å². The second-order valence-corrected chi connectivity index (χ2v) is 10.7. The van der Waals surface area contributed by atoms with Crippen LogP contribution in [0.25, 0.3) is 0 Å². The molecule has 1 amide bonds. The summed E-state index contributed by atoms with van der Waals surface area (Å²) in [6.07, 6.45) is -0.347. The van der Waals surface area contributed by atoms with Gasteiger partial charge in [-0.1, -0.05) is 29.8 Å². The van der Waals surface area contributed by atoms with Gasteiger partial charge in [-0.3, -0.25) is 4.79 Å². The first-order chi connectivity index (χ1) is 15.3. The number of piperazine rings is 1. The smallest absolute Gasteiger partial charge is 0.254 e. The normalized spacial score (nSPS) is 22.7. The van der Waals surface area contributed by atoms with Crippen LogP contribution < -0.4 is 4.90 Å². The fourth-order valence-electron chi connectivity index (χ4n) is 4.31. The molecule has 0 bridgehead atoms. The summed E-state index contributed by atoms with van der Waals surface area (Å²) in [6, 6.07) is 14.0. The van der Waals surface area contributed by atoms with Gasteiger partial charge in [0.1, 0.15) is 0 Å². The highest BCUT2D eigenvalue weighted by Crippen LogP contribution is 2.27. The van der Waals surface area contributed by atoms with Crippen LogP contribution >= 0.6 is 11.6 Å². The van der Waals surface area contributed by atoms with Crippen molar-refractivity contribution in [2.45, 2.75) is 31.0 Å². The molecule has 2 fully saturated rings. The van der Waals surface area contributed by atoms with Crippen molar-refractivity contribution in [3.05, 3.63) is 59.1 Å². The number of hydrogen-bond donors (Lipinski definition) is 0. The highest BCUT2D eigenvalue weighted by molar-refractivity contribution is 7.89. The third-order valence-electron chi connectivity index (χ3n) is 5.86. The van der Waals surface area contributed by atoms with Gasteiger partial charge in [0.2, 0.25) is 10.0 Å². The number of benzene rings is 2. The molecule has 2 atom stereocenters. The third kappa shape index (κ3) is 4.78. The largest absolute Gasteiger partial charge is 0.373 e. The molecule has 2 aromatic rings. The van der Waals surface area contributed by atoms with E-state index in [-0.39, 0.29) is 23.0 Å². The lowest BCUT2D eigenvalue weighted by Crippen LogP contribution is -2.49. The Morgan fingerprint density at radius 1 is 0.969 bits per heavy atom. The van der Waals surface area contributed by atoms with E-state index >= 15 is 0 Å². The van der Waals surface area contributed by atoms with E-state index in [0.717, 1.165) is 5.69 Å². The zero-order valence-corrected chi connectivity index (χ0v) is 19.8. The number of morpholine rings is 1. The maximum Gasteiger partial charge on any atom is 0.254 e. The molecule has 0 saturated carbocycles. The molecule has 2 aliphatic heterocycles.